The van der Waals surface area contributed by atoms with Gasteiger partial charge in [0.2, 0.25) is 0 Å². The normalized spacial score (nSPS) is 11.7. The first-order valence-electron chi connectivity index (χ1n) is 9.08. The van der Waals surface area contributed by atoms with E-state index >= 15 is 0 Å². The average Bonchev–Trinajstić information content (AvgIpc) is 3.30. The third kappa shape index (κ3) is 2.44. The topological polar surface area (TPSA) is 17.1 Å². The van der Waals surface area contributed by atoms with E-state index in [0.29, 0.717) is 0 Å². The quantitative estimate of drug-likeness (QED) is 0.274. The summed E-state index contributed by atoms with van der Waals surface area (Å²) in [6, 6.07) is 29.4. The van der Waals surface area contributed by atoms with Crippen LogP contribution in [0.3, 0.4) is 0 Å². The molecule has 2 heterocycles. The van der Waals surface area contributed by atoms with Crippen LogP contribution in [0.15, 0.2) is 84.9 Å². The lowest BCUT2D eigenvalue weighted by Gasteiger charge is -1.94. The Balaban J connectivity index is 1.48. The van der Waals surface area contributed by atoms with Crippen LogP contribution < -0.4 is 10.6 Å². The molecule has 0 N–H and O–H groups in total. The second-order valence-corrected chi connectivity index (χ2v) is 10.6. The van der Waals surface area contributed by atoms with E-state index in [9.17, 15) is 4.57 Å². The fraction of sp³-hybridized carbons (Fsp3) is 0. The maximum absolute atomic E-state index is 13.3. The molecule has 0 atom stereocenters. The fourth-order valence-corrected chi connectivity index (χ4v) is 7.51. The van der Waals surface area contributed by atoms with Crippen molar-refractivity contribution in [3.8, 4) is 0 Å². The zero-order valence-corrected chi connectivity index (χ0v) is 17.3. The van der Waals surface area contributed by atoms with Gasteiger partial charge >= 0.3 is 7.80 Å². The molecular formula is C24H14OPS2+. The number of thiophene rings is 2. The van der Waals surface area contributed by atoms with Crippen molar-refractivity contribution in [3.63, 3.8) is 0 Å². The van der Waals surface area contributed by atoms with Crippen LogP contribution in [0.5, 0.6) is 0 Å². The Labute approximate surface area is 170 Å². The van der Waals surface area contributed by atoms with E-state index in [2.05, 4.69) is 72.8 Å². The summed E-state index contributed by atoms with van der Waals surface area (Å²) in [5.74, 6) is 0. The van der Waals surface area contributed by atoms with E-state index in [1.54, 1.807) is 22.7 Å². The van der Waals surface area contributed by atoms with Crippen LogP contribution in [-0.2, 0) is 4.57 Å². The highest BCUT2D eigenvalue weighted by Gasteiger charge is 2.25. The Morgan fingerprint density at radius 2 is 0.929 bits per heavy atom. The van der Waals surface area contributed by atoms with Crippen LogP contribution in [0.4, 0.5) is 0 Å². The molecule has 2 aromatic heterocycles. The van der Waals surface area contributed by atoms with Crippen LogP contribution in [0.25, 0.3) is 40.3 Å². The highest BCUT2D eigenvalue weighted by molar-refractivity contribution is 7.61. The van der Waals surface area contributed by atoms with E-state index in [1.165, 1.54) is 40.3 Å². The van der Waals surface area contributed by atoms with E-state index in [0.717, 1.165) is 10.6 Å². The van der Waals surface area contributed by atoms with Crippen LogP contribution in [0, 0.1) is 0 Å². The zero-order chi connectivity index (χ0) is 18.7. The smallest absolute Gasteiger partial charge is 0.135 e. The van der Waals surface area contributed by atoms with Gasteiger partial charge in [-0.25, -0.2) is 0 Å². The molecule has 0 saturated heterocycles. The van der Waals surface area contributed by atoms with Gasteiger partial charge in [0.15, 0.2) is 10.6 Å². The standard InChI is InChI=1S/C24H14OPS2/c25-26(15-9-11-19-17-5-1-3-7-21(17)27-23(19)13-15)16-10-12-20-18-6-2-4-8-22(18)28-24(20)14-16/h1-14H/q+1. The summed E-state index contributed by atoms with van der Waals surface area (Å²) in [6.45, 7) is 0. The lowest BCUT2D eigenvalue weighted by molar-refractivity contribution is 0.598. The van der Waals surface area contributed by atoms with Gasteiger partial charge in [0.25, 0.3) is 0 Å². The monoisotopic (exact) mass is 413 g/mol. The van der Waals surface area contributed by atoms with Crippen molar-refractivity contribution in [1.29, 1.82) is 0 Å². The average molecular weight is 413 g/mol. The van der Waals surface area contributed by atoms with Crippen molar-refractivity contribution in [2.75, 3.05) is 0 Å². The zero-order valence-electron chi connectivity index (χ0n) is 14.8. The molecule has 4 aromatic carbocycles. The summed E-state index contributed by atoms with van der Waals surface area (Å²) >= 11 is 3.54. The van der Waals surface area contributed by atoms with Gasteiger partial charge in [0.05, 0.1) is 0 Å². The molecule has 132 valence electrons. The van der Waals surface area contributed by atoms with Gasteiger partial charge in [-0.2, -0.15) is 0 Å². The predicted molar refractivity (Wildman–Crippen MR) is 126 cm³/mol. The molecule has 6 aromatic rings. The van der Waals surface area contributed by atoms with Crippen LogP contribution in [-0.4, -0.2) is 0 Å². The highest BCUT2D eigenvalue weighted by Crippen LogP contribution is 2.36. The number of fused-ring (bicyclic) bond motifs is 6. The summed E-state index contributed by atoms with van der Waals surface area (Å²) < 4.78 is 18.3. The summed E-state index contributed by atoms with van der Waals surface area (Å²) in [4.78, 5) is 0. The van der Waals surface area contributed by atoms with Gasteiger partial charge in [0.1, 0.15) is 0 Å². The molecule has 0 unspecified atom stereocenters. The lowest BCUT2D eigenvalue weighted by Crippen LogP contribution is -2.05. The van der Waals surface area contributed by atoms with Gasteiger partial charge in [-0.3, -0.25) is 0 Å². The molecule has 0 saturated carbocycles. The van der Waals surface area contributed by atoms with Crippen LogP contribution >= 0.6 is 30.5 Å². The first-order valence-corrected chi connectivity index (χ1v) is 12.0. The summed E-state index contributed by atoms with van der Waals surface area (Å²) in [5, 5.41) is 6.83. The first kappa shape index (κ1) is 16.4. The Morgan fingerprint density at radius 1 is 0.500 bits per heavy atom. The largest absolute Gasteiger partial charge is 0.415 e. The Hall–Kier alpha value is -2.58. The Kier molecular flexibility index (Phi) is 3.64. The van der Waals surface area contributed by atoms with Gasteiger partial charge in [-0.1, -0.05) is 41.0 Å². The molecule has 28 heavy (non-hydrogen) atoms. The molecule has 0 radical (unpaired) electrons. The molecule has 0 bridgehead atoms. The predicted octanol–water partition coefficient (Wildman–Crippen LogP) is 7.20. The molecule has 0 amide bonds. The van der Waals surface area contributed by atoms with E-state index in [1.807, 2.05) is 12.1 Å². The first-order chi connectivity index (χ1) is 13.8. The van der Waals surface area contributed by atoms with E-state index in [4.69, 9.17) is 0 Å². The lowest BCUT2D eigenvalue weighted by atomic mass is 10.1. The van der Waals surface area contributed by atoms with Crippen molar-refractivity contribution in [2.24, 2.45) is 0 Å². The third-order valence-electron chi connectivity index (χ3n) is 5.19. The van der Waals surface area contributed by atoms with Gasteiger partial charge in [-0.05, 0) is 36.4 Å². The van der Waals surface area contributed by atoms with Gasteiger partial charge in [0, 0.05) is 52.5 Å². The minimum absolute atomic E-state index is 0.898. The number of hydrogen-bond acceptors (Lipinski definition) is 3. The second kappa shape index (κ2) is 6.22. The number of rotatable bonds is 2. The molecule has 0 aliphatic carbocycles. The molecule has 6 rings (SSSR count). The second-order valence-electron chi connectivity index (χ2n) is 6.85. The number of hydrogen-bond donors (Lipinski definition) is 0. The van der Waals surface area contributed by atoms with Crippen molar-refractivity contribution in [1.82, 2.24) is 0 Å². The highest BCUT2D eigenvalue weighted by atomic mass is 32.1. The molecule has 0 aliphatic heterocycles. The maximum atomic E-state index is 13.3. The molecular weight excluding hydrogens is 399 g/mol. The number of benzene rings is 4. The van der Waals surface area contributed by atoms with Crippen LogP contribution in [0.2, 0.25) is 0 Å². The molecule has 0 aliphatic rings. The van der Waals surface area contributed by atoms with Crippen molar-refractivity contribution < 1.29 is 4.57 Å². The summed E-state index contributed by atoms with van der Waals surface area (Å²) in [6.07, 6.45) is 0. The minimum Gasteiger partial charge on any atom is -0.135 e. The SMILES string of the molecule is O=[P+](c1ccc2c(c1)sc1ccccc12)c1ccc2c(c1)sc1ccccc12. The Morgan fingerprint density at radius 3 is 1.43 bits per heavy atom. The molecule has 0 spiro atoms. The van der Waals surface area contributed by atoms with Crippen molar-refractivity contribution in [3.05, 3.63) is 84.9 Å². The van der Waals surface area contributed by atoms with Crippen molar-refractivity contribution >= 4 is 81.4 Å². The van der Waals surface area contributed by atoms with Gasteiger partial charge < -0.3 is 0 Å². The fourth-order valence-electron chi connectivity index (χ4n) is 3.83. The Bertz CT molecular complexity index is 1420. The third-order valence-corrected chi connectivity index (χ3v) is 8.96. The summed E-state index contributed by atoms with van der Waals surface area (Å²) in [7, 11) is -1.61. The molecule has 4 heteroatoms. The summed E-state index contributed by atoms with van der Waals surface area (Å²) in [5.41, 5.74) is 0. The van der Waals surface area contributed by atoms with E-state index < -0.39 is 7.80 Å². The van der Waals surface area contributed by atoms with Crippen molar-refractivity contribution in [2.45, 2.75) is 0 Å². The molecule has 0 fully saturated rings. The maximum Gasteiger partial charge on any atom is 0.415 e. The molecule has 1 nitrogen and oxygen atoms in total. The van der Waals surface area contributed by atoms with E-state index in [-0.39, 0.29) is 0 Å². The van der Waals surface area contributed by atoms with Crippen LogP contribution in [0.1, 0.15) is 0 Å². The van der Waals surface area contributed by atoms with Gasteiger partial charge in [-0.15, -0.1) is 22.7 Å². The minimum atomic E-state index is -1.61.